The molecule has 4 fully saturated rings. The van der Waals surface area contributed by atoms with Gasteiger partial charge in [0.15, 0.2) is 23.9 Å². The number of cyclic esters (lactones) is 1. The first-order chi connectivity index (χ1) is 14.4. The van der Waals surface area contributed by atoms with Crippen LogP contribution in [0.25, 0.3) is 0 Å². The normalized spacial score (nSPS) is 38.7. The Morgan fingerprint density at radius 1 is 1.19 bits per heavy atom. The highest BCUT2D eigenvalue weighted by Crippen LogP contribution is 2.49. The highest BCUT2D eigenvalue weighted by molar-refractivity contribution is 5.85. The van der Waals surface area contributed by atoms with Gasteiger partial charge in [-0.2, -0.15) is 13.2 Å². The molecule has 4 heterocycles. The highest BCUT2D eigenvalue weighted by atomic mass is 19.4. The predicted molar refractivity (Wildman–Crippen MR) is 90.9 cm³/mol. The number of ether oxygens (including phenoxy) is 6. The first-order valence-corrected chi connectivity index (χ1v) is 10.1. The van der Waals surface area contributed by atoms with Crippen molar-refractivity contribution in [2.24, 2.45) is 11.3 Å². The number of carbonyl (C=O) groups is 3. The predicted octanol–water partition coefficient (Wildman–Crippen LogP) is 1.61. The van der Waals surface area contributed by atoms with E-state index in [0.717, 1.165) is 0 Å². The fourth-order valence-corrected chi connectivity index (χ4v) is 4.58. The van der Waals surface area contributed by atoms with E-state index >= 15 is 0 Å². The van der Waals surface area contributed by atoms with Crippen LogP contribution in [-0.4, -0.2) is 67.2 Å². The first-order valence-electron chi connectivity index (χ1n) is 10.1. The number of halogens is 3. The molecule has 0 amide bonds. The minimum Gasteiger partial charge on any atom is -0.460 e. The smallest absolute Gasteiger partial charge is 0.404 e. The molecule has 7 atom stereocenters. The average molecular weight is 452 g/mol. The molecule has 174 valence electrons. The first kappa shape index (κ1) is 22.3. The number of fused-ring (bicyclic) bond motifs is 3. The molecule has 0 aromatic heterocycles. The molecule has 0 N–H and O–H groups in total. The van der Waals surface area contributed by atoms with Gasteiger partial charge in [0.1, 0.15) is 19.1 Å². The summed E-state index contributed by atoms with van der Waals surface area (Å²) < 4.78 is 73.7. The largest absolute Gasteiger partial charge is 0.460 e. The summed E-state index contributed by atoms with van der Waals surface area (Å²) >= 11 is 0. The summed E-state index contributed by atoms with van der Waals surface area (Å²) in [6, 6.07) is 0. The van der Waals surface area contributed by atoms with Gasteiger partial charge in [-0.25, -0.2) is 4.79 Å². The van der Waals surface area contributed by atoms with Crippen LogP contribution in [0.2, 0.25) is 0 Å². The summed E-state index contributed by atoms with van der Waals surface area (Å²) in [5.74, 6) is -4.91. The SMILES string of the molecule is CCC(CC(C)C)(C(=O)OC1C(=O)OC2C3OC4(COC(=O)C4)OC3OC12)C(F)(F)F. The van der Waals surface area contributed by atoms with Crippen LogP contribution in [0.5, 0.6) is 0 Å². The van der Waals surface area contributed by atoms with Crippen LogP contribution in [-0.2, 0) is 42.8 Å². The van der Waals surface area contributed by atoms with Crippen LogP contribution < -0.4 is 0 Å². The second-order valence-corrected chi connectivity index (χ2v) is 8.68. The minimum atomic E-state index is -4.87. The molecule has 31 heavy (non-hydrogen) atoms. The number of hydrogen-bond acceptors (Lipinski definition) is 9. The van der Waals surface area contributed by atoms with Gasteiger partial charge in [-0.3, -0.25) is 9.59 Å². The van der Waals surface area contributed by atoms with Crippen molar-refractivity contribution in [1.29, 1.82) is 0 Å². The van der Waals surface area contributed by atoms with Crippen molar-refractivity contribution in [1.82, 2.24) is 0 Å². The fourth-order valence-electron chi connectivity index (χ4n) is 4.58. The molecule has 0 saturated carbocycles. The van der Waals surface area contributed by atoms with Crippen molar-refractivity contribution in [2.75, 3.05) is 6.61 Å². The summed E-state index contributed by atoms with van der Waals surface area (Å²) in [6.07, 6.45) is -12.0. The molecule has 4 rings (SSSR count). The molecule has 0 radical (unpaired) electrons. The molecule has 0 bridgehead atoms. The third kappa shape index (κ3) is 3.48. The van der Waals surface area contributed by atoms with Gasteiger partial charge < -0.3 is 28.4 Å². The number of alkyl halides is 3. The van der Waals surface area contributed by atoms with E-state index in [0.29, 0.717) is 0 Å². The topological polar surface area (TPSA) is 107 Å². The Morgan fingerprint density at radius 3 is 2.45 bits per heavy atom. The Hall–Kier alpha value is -1.92. The zero-order chi connectivity index (χ0) is 22.8. The number of esters is 3. The standard InChI is InChI=1S/C19H23F3O9/c1-4-17(5-8(2)3,19(20,21)22)16(25)29-12-10-11(27-14(12)24)13-15(28-10)31-18(30-13)6-9(23)26-7-18/h8,10-13,15H,4-7H2,1-3H3. The van der Waals surface area contributed by atoms with Crippen molar-refractivity contribution < 1.29 is 56.0 Å². The van der Waals surface area contributed by atoms with E-state index < -0.39 is 84.8 Å². The third-order valence-corrected chi connectivity index (χ3v) is 6.07. The Bertz CT molecular complexity index is 784. The maximum absolute atomic E-state index is 13.9. The molecule has 0 aromatic carbocycles. The lowest BCUT2D eigenvalue weighted by Gasteiger charge is -2.34. The van der Waals surface area contributed by atoms with Crippen LogP contribution >= 0.6 is 0 Å². The lowest BCUT2D eigenvalue weighted by atomic mass is 9.77. The quantitative estimate of drug-likeness (QED) is 0.454. The Labute approximate surface area is 175 Å². The van der Waals surface area contributed by atoms with E-state index in [2.05, 4.69) is 0 Å². The van der Waals surface area contributed by atoms with Crippen LogP contribution in [0.3, 0.4) is 0 Å². The van der Waals surface area contributed by atoms with E-state index in [4.69, 9.17) is 28.4 Å². The van der Waals surface area contributed by atoms with Crippen LogP contribution in [0, 0.1) is 11.3 Å². The third-order valence-electron chi connectivity index (χ3n) is 6.07. The van der Waals surface area contributed by atoms with Gasteiger partial charge in [-0.15, -0.1) is 0 Å². The van der Waals surface area contributed by atoms with E-state index in [-0.39, 0.29) is 13.0 Å². The van der Waals surface area contributed by atoms with E-state index in [1.54, 1.807) is 13.8 Å². The maximum atomic E-state index is 13.9. The van der Waals surface area contributed by atoms with Crippen molar-refractivity contribution in [3.05, 3.63) is 0 Å². The molecule has 4 aliphatic heterocycles. The summed E-state index contributed by atoms with van der Waals surface area (Å²) in [4.78, 5) is 36.5. The average Bonchev–Trinajstić information content (AvgIpc) is 3.35. The van der Waals surface area contributed by atoms with Crippen LogP contribution in [0.1, 0.15) is 40.0 Å². The molecule has 4 saturated heterocycles. The molecule has 0 aliphatic carbocycles. The fraction of sp³-hybridized carbons (Fsp3) is 0.842. The summed E-state index contributed by atoms with van der Waals surface area (Å²) in [7, 11) is 0. The van der Waals surface area contributed by atoms with Crippen molar-refractivity contribution in [3.63, 3.8) is 0 Å². The summed E-state index contributed by atoms with van der Waals surface area (Å²) in [6.45, 7) is 4.21. The second-order valence-electron chi connectivity index (χ2n) is 8.68. The number of rotatable bonds is 5. The Balaban J connectivity index is 1.50. The molecule has 4 aliphatic rings. The zero-order valence-corrected chi connectivity index (χ0v) is 17.1. The van der Waals surface area contributed by atoms with Gasteiger partial charge >= 0.3 is 24.1 Å². The van der Waals surface area contributed by atoms with E-state index in [1.807, 2.05) is 0 Å². The molecular formula is C19H23F3O9. The molecule has 9 nitrogen and oxygen atoms in total. The molecule has 12 heteroatoms. The minimum absolute atomic E-state index is 0.161. The number of carbonyl (C=O) groups excluding carboxylic acids is 3. The van der Waals surface area contributed by atoms with Crippen molar-refractivity contribution in [2.45, 2.75) is 82.7 Å². The molecule has 7 unspecified atom stereocenters. The number of hydrogen-bond donors (Lipinski definition) is 0. The Morgan fingerprint density at radius 2 is 1.90 bits per heavy atom. The monoisotopic (exact) mass is 452 g/mol. The van der Waals surface area contributed by atoms with Gasteiger partial charge in [-0.05, 0) is 18.8 Å². The molecule has 1 spiro atoms. The van der Waals surface area contributed by atoms with Crippen LogP contribution in [0.15, 0.2) is 0 Å². The maximum Gasteiger partial charge on any atom is 0.404 e. The van der Waals surface area contributed by atoms with Gasteiger partial charge in [-0.1, -0.05) is 20.8 Å². The summed E-state index contributed by atoms with van der Waals surface area (Å²) in [5.41, 5.74) is -2.76. The Kier molecular flexibility index (Phi) is 5.25. The lowest BCUT2D eigenvalue weighted by Crippen LogP contribution is -2.49. The molecular weight excluding hydrogens is 429 g/mol. The summed E-state index contributed by atoms with van der Waals surface area (Å²) in [5, 5.41) is 0. The van der Waals surface area contributed by atoms with E-state index in [9.17, 15) is 27.6 Å². The van der Waals surface area contributed by atoms with Gasteiger partial charge in [0.05, 0.1) is 0 Å². The second kappa shape index (κ2) is 7.31. The van der Waals surface area contributed by atoms with Crippen LogP contribution in [0.4, 0.5) is 13.2 Å². The van der Waals surface area contributed by atoms with Gasteiger partial charge in [0.2, 0.25) is 11.9 Å². The van der Waals surface area contributed by atoms with Crippen molar-refractivity contribution in [3.8, 4) is 0 Å². The lowest BCUT2D eigenvalue weighted by molar-refractivity contribution is -0.249. The van der Waals surface area contributed by atoms with Crippen molar-refractivity contribution >= 4 is 17.9 Å². The zero-order valence-electron chi connectivity index (χ0n) is 17.1. The van der Waals surface area contributed by atoms with Gasteiger partial charge in [0, 0.05) is 0 Å². The van der Waals surface area contributed by atoms with E-state index in [1.165, 1.54) is 6.92 Å². The highest BCUT2D eigenvalue weighted by Gasteiger charge is 2.68. The molecule has 0 aromatic rings. The van der Waals surface area contributed by atoms with Gasteiger partial charge in [0.25, 0.3) is 0 Å².